The predicted octanol–water partition coefficient (Wildman–Crippen LogP) is 2.84. The van der Waals surface area contributed by atoms with Gasteiger partial charge >= 0.3 is 30.1 Å². The van der Waals surface area contributed by atoms with Gasteiger partial charge in [-0.3, -0.25) is 15.0 Å². The zero-order valence-corrected chi connectivity index (χ0v) is 22.3. The molecule has 1 saturated heterocycles. The van der Waals surface area contributed by atoms with Gasteiger partial charge in [-0.25, -0.2) is 19.2 Å². The van der Waals surface area contributed by atoms with Crippen LogP contribution in [0, 0.1) is 0 Å². The zero-order chi connectivity index (χ0) is 28.5. The van der Waals surface area contributed by atoms with Gasteiger partial charge in [-0.05, 0) is 32.8 Å². The second-order valence-corrected chi connectivity index (χ2v) is 9.41. The lowest BCUT2D eigenvalue weighted by molar-refractivity contribution is -0.148. The maximum atomic E-state index is 13.1. The van der Waals surface area contributed by atoms with E-state index in [0.29, 0.717) is 0 Å². The van der Waals surface area contributed by atoms with Gasteiger partial charge in [-0.2, -0.15) is 0 Å². The molecule has 1 N–H and O–H groups in total. The van der Waals surface area contributed by atoms with Crippen LogP contribution in [0.1, 0.15) is 46.1 Å². The van der Waals surface area contributed by atoms with Gasteiger partial charge in [0.25, 0.3) is 0 Å². The van der Waals surface area contributed by atoms with Crippen molar-refractivity contribution in [3.8, 4) is 0 Å². The predicted molar refractivity (Wildman–Crippen MR) is 132 cm³/mol. The van der Waals surface area contributed by atoms with Gasteiger partial charge < -0.3 is 23.7 Å². The molecule has 0 bridgehead atoms. The summed E-state index contributed by atoms with van der Waals surface area (Å²) in [7, 11) is 2.30. The van der Waals surface area contributed by atoms with Crippen molar-refractivity contribution >= 4 is 30.1 Å². The standard InChI is InChI=1S/C26H34N2O10/c1-16(29)37-21-14-20(23(31)35-6)28(25(33)38-26(2,3)4)19(21)13-12-18(22(30)34-5)27-24(32)36-15-17-10-8-7-9-11-17/h7-12,19-21H,13-15H2,1-6H3,(H,27,32)/b18-12-/t19-,20-,21+/m0/s1. The van der Waals surface area contributed by atoms with E-state index in [0.717, 1.165) is 17.6 Å². The van der Waals surface area contributed by atoms with E-state index < -0.39 is 53.9 Å². The topological polar surface area (TPSA) is 147 Å². The van der Waals surface area contributed by atoms with Crippen LogP contribution in [0.5, 0.6) is 0 Å². The highest BCUT2D eigenvalue weighted by Crippen LogP contribution is 2.32. The zero-order valence-electron chi connectivity index (χ0n) is 22.3. The van der Waals surface area contributed by atoms with Crippen LogP contribution in [0.3, 0.4) is 0 Å². The fourth-order valence-electron chi connectivity index (χ4n) is 3.83. The van der Waals surface area contributed by atoms with Crippen LogP contribution in [-0.2, 0) is 44.7 Å². The Labute approximate surface area is 221 Å². The Morgan fingerprint density at radius 3 is 2.26 bits per heavy atom. The number of hydrogen-bond donors (Lipinski definition) is 1. The highest BCUT2D eigenvalue weighted by Gasteiger charge is 2.50. The minimum absolute atomic E-state index is 0.0362. The molecule has 12 heteroatoms. The summed E-state index contributed by atoms with van der Waals surface area (Å²) in [5.74, 6) is -2.23. The van der Waals surface area contributed by atoms with E-state index in [9.17, 15) is 24.0 Å². The molecule has 1 aliphatic heterocycles. The smallest absolute Gasteiger partial charge is 0.412 e. The van der Waals surface area contributed by atoms with Crippen LogP contribution >= 0.6 is 0 Å². The van der Waals surface area contributed by atoms with Crippen molar-refractivity contribution < 1.29 is 47.7 Å². The molecule has 12 nitrogen and oxygen atoms in total. The van der Waals surface area contributed by atoms with Crippen LogP contribution in [0.2, 0.25) is 0 Å². The number of rotatable bonds is 8. The number of carbonyl (C=O) groups is 5. The van der Waals surface area contributed by atoms with E-state index in [1.807, 2.05) is 6.07 Å². The van der Waals surface area contributed by atoms with Crippen molar-refractivity contribution in [1.29, 1.82) is 0 Å². The van der Waals surface area contributed by atoms with Crippen LogP contribution < -0.4 is 5.32 Å². The van der Waals surface area contributed by atoms with Crippen molar-refractivity contribution in [1.82, 2.24) is 10.2 Å². The summed E-state index contributed by atoms with van der Waals surface area (Å²) in [5.41, 5.74) is -0.417. The minimum atomic E-state index is -1.11. The molecule has 1 aromatic carbocycles. The second kappa shape index (κ2) is 13.5. The van der Waals surface area contributed by atoms with Crippen molar-refractivity contribution in [2.75, 3.05) is 14.2 Å². The summed E-state index contributed by atoms with van der Waals surface area (Å²) in [5, 5.41) is 2.34. The van der Waals surface area contributed by atoms with Gasteiger partial charge in [-0.15, -0.1) is 0 Å². The molecule has 0 unspecified atom stereocenters. The van der Waals surface area contributed by atoms with Crippen molar-refractivity contribution in [2.24, 2.45) is 0 Å². The Balaban J connectivity index is 2.32. The molecule has 2 amide bonds. The molecule has 2 rings (SSSR count). The van der Waals surface area contributed by atoms with E-state index >= 15 is 0 Å². The van der Waals surface area contributed by atoms with Crippen molar-refractivity contribution in [3.63, 3.8) is 0 Å². The van der Waals surface area contributed by atoms with E-state index in [4.69, 9.17) is 23.7 Å². The lowest BCUT2D eigenvalue weighted by Crippen LogP contribution is -2.48. The van der Waals surface area contributed by atoms with Gasteiger partial charge in [0, 0.05) is 13.3 Å². The number of alkyl carbamates (subject to hydrolysis) is 1. The average Bonchev–Trinajstić information content (AvgIpc) is 3.21. The number of esters is 3. The SMILES string of the molecule is COC(=O)/C(=C/C[C@H]1[C@H](OC(C)=O)C[C@@H](C(=O)OC)N1C(=O)OC(C)(C)C)NC(=O)OCc1ccccc1. The number of amides is 2. The number of nitrogens with one attached hydrogen (secondary N) is 1. The Morgan fingerprint density at radius 2 is 1.71 bits per heavy atom. The number of benzene rings is 1. The molecular weight excluding hydrogens is 500 g/mol. The van der Waals surface area contributed by atoms with Crippen LogP contribution in [0.4, 0.5) is 9.59 Å². The second-order valence-electron chi connectivity index (χ2n) is 9.41. The fraction of sp³-hybridized carbons (Fsp3) is 0.500. The third-order valence-electron chi connectivity index (χ3n) is 5.39. The van der Waals surface area contributed by atoms with Gasteiger partial charge in [0.2, 0.25) is 0 Å². The maximum Gasteiger partial charge on any atom is 0.412 e. The van der Waals surface area contributed by atoms with E-state index in [1.54, 1.807) is 45.0 Å². The van der Waals surface area contributed by atoms with E-state index in [-0.39, 0.29) is 25.1 Å². The molecule has 208 valence electrons. The first-order valence-corrected chi connectivity index (χ1v) is 11.9. The third-order valence-corrected chi connectivity index (χ3v) is 5.39. The minimum Gasteiger partial charge on any atom is -0.467 e. The van der Waals surface area contributed by atoms with Crippen LogP contribution in [0.25, 0.3) is 0 Å². The summed E-state index contributed by atoms with van der Waals surface area (Å²) in [6, 6.07) is 6.89. The monoisotopic (exact) mass is 534 g/mol. The molecule has 0 aromatic heterocycles. The largest absolute Gasteiger partial charge is 0.467 e. The molecule has 1 fully saturated rings. The molecule has 0 saturated carbocycles. The molecule has 1 aliphatic rings. The summed E-state index contributed by atoms with van der Waals surface area (Å²) in [4.78, 5) is 63.3. The van der Waals surface area contributed by atoms with Crippen LogP contribution in [0.15, 0.2) is 42.1 Å². The lowest BCUT2D eigenvalue weighted by atomic mass is 10.1. The van der Waals surface area contributed by atoms with Crippen molar-refractivity contribution in [2.45, 2.75) is 70.9 Å². The lowest BCUT2D eigenvalue weighted by Gasteiger charge is -2.32. The molecule has 0 radical (unpaired) electrons. The number of methoxy groups -OCH3 is 2. The molecule has 1 aromatic rings. The molecule has 3 atom stereocenters. The highest BCUT2D eigenvalue weighted by atomic mass is 16.6. The number of hydrogen-bond acceptors (Lipinski definition) is 10. The maximum absolute atomic E-state index is 13.1. The van der Waals surface area contributed by atoms with Gasteiger partial charge in [0.1, 0.15) is 30.1 Å². The molecule has 0 aliphatic carbocycles. The Hall–Kier alpha value is -4.09. The quantitative estimate of drug-likeness (QED) is 0.300. The first-order chi connectivity index (χ1) is 17.9. The Morgan fingerprint density at radius 1 is 1.05 bits per heavy atom. The first-order valence-electron chi connectivity index (χ1n) is 11.9. The van der Waals surface area contributed by atoms with Crippen LogP contribution in [-0.4, -0.2) is 73.0 Å². The summed E-state index contributed by atoms with van der Waals surface area (Å²) in [6.07, 6.45) is -1.54. The molecule has 1 heterocycles. The number of likely N-dealkylation sites (tertiary alicyclic amines) is 1. The Bertz CT molecular complexity index is 1050. The summed E-state index contributed by atoms with van der Waals surface area (Å²) in [6.45, 7) is 6.14. The van der Waals surface area contributed by atoms with Gasteiger partial charge in [-0.1, -0.05) is 36.4 Å². The highest BCUT2D eigenvalue weighted by molar-refractivity contribution is 5.92. The Kier molecular flexibility index (Phi) is 10.7. The molecule has 38 heavy (non-hydrogen) atoms. The van der Waals surface area contributed by atoms with Gasteiger partial charge in [0.15, 0.2) is 0 Å². The molecular formula is C26H34N2O10. The van der Waals surface area contributed by atoms with Crippen molar-refractivity contribution in [3.05, 3.63) is 47.7 Å². The average molecular weight is 535 g/mol. The van der Waals surface area contributed by atoms with Gasteiger partial charge in [0.05, 0.1) is 20.3 Å². The number of carbonyl (C=O) groups excluding carboxylic acids is 5. The van der Waals surface area contributed by atoms with E-state index in [2.05, 4.69) is 5.32 Å². The fourth-order valence-corrected chi connectivity index (χ4v) is 3.83. The first kappa shape index (κ1) is 30.1. The normalized spacial score (nSPS) is 19.3. The van der Waals surface area contributed by atoms with E-state index in [1.165, 1.54) is 20.1 Å². The third kappa shape index (κ3) is 8.79. The summed E-state index contributed by atoms with van der Waals surface area (Å²) >= 11 is 0. The number of ether oxygens (including phenoxy) is 5. The summed E-state index contributed by atoms with van der Waals surface area (Å²) < 4.78 is 25.6. The molecule has 0 spiro atoms. The number of nitrogens with zero attached hydrogens (tertiary/aromatic N) is 1.